The third-order valence-corrected chi connectivity index (χ3v) is 4.73. The number of carbonyl (C=O) groups is 1. The summed E-state index contributed by atoms with van der Waals surface area (Å²) in [5.41, 5.74) is 2.31. The summed E-state index contributed by atoms with van der Waals surface area (Å²) in [6.07, 6.45) is 5.40. The van der Waals surface area contributed by atoms with Crippen molar-refractivity contribution in [1.82, 2.24) is 10.2 Å². The smallest absolute Gasteiger partial charge is 0.244 e. The third-order valence-electron chi connectivity index (χ3n) is 4.48. The molecule has 0 saturated carbocycles. The molecule has 25 heavy (non-hydrogen) atoms. The molecule has 3 rings (SSSR count). The molecule has 1 saturated heterocycles. The van der Waals surface area contributed by atoms with Crippen molar-refractivity contribution < 1.29 is 4.79 Å². The molecule has 1 amide bonds. The largest absolute Gasteiger partial charge is 0.350 e. The number of benzene rings is 2. The van der Waals surface area contributed by atoms with Gasteiger partial charge in [0.2, 0.25) is 5.91 Å². The van der Waals surface area contributed by atoms with Gasteiger partial charge < -0.3 is 5.32 Å². The standard InChI is InChI=1S/C21H23ClN2O/c22-19-9-6-17(7-10-19)8-11-21(25)23-20-12-14-24(15-13-20)16-18-4-2-1-3-5-18/h1-11,20H,12-16H2,(H,23,25)/b11-8+. The molecule has 2 aromatic rings. The number of carbonyl (C=O) groups excluding carboxylic acids is 1. The van der Waals surface area contributed by atoms with Gasteiger partial charge in [-0.3, -0.25) is 9.69 Å². The SMILES string of the molecule is O=C(/C=C/c1ccc(Cl)cc1)NC1CCN(Cc2ccccc2)CC1. The molecular weight excluding hydrogens is 332 g/mol. The Morgan fingerprint density at radius 3 is 2.44 bits per heavy atom. The molecule has 1 heterocycles. The summed E-state index contributed by atoms with van der Waals surface area (Å²) >= 11 is 5.86. The van der Waals surface area contributed by atoms with Gasteiger partial charge in [0.25, 0.3) is 0 Å². The third kappa shape index (κ3) is 5.73. The number of hydrogen-bond acceptors (Lipinski definition) is 2. The normalized spacial score (nSPS) is 16.2. The highest BCUT2D eigenvalue weighted by atomic mass is 35.5. The van der Waals surface area contributed by atoms with Crippen molar-refractivity contribution in [3.05, 3.63) is 76.8 Å². The van der Waals surface area contributed by atoms with Gasteiger partial charge in [-0.15, -0.1) is 0 Å². The average molecular weight is 355 g/mol. The molecule has 2 aromatic carbocycles. The maximum atomic E-state index is 12.1. The van der Waals surface area contributed by atoms with Crippen LogP contribution in [0, 0.1) is 0 Å². The van der Waals surface area contributed by atoms with Gasteiger partial charge >= 0.3 is 0 Å². The fraction of sp³-hybridized carbons (Fsp3) is 0.286. The van der Waals surface area contributed by atoms with Crippen molar-refractivity contribution in [2.45, 2.75) is 25.4 Å². The minimum Gasteiger partial charge on any atom is -0.350 e. The quantitative estimate of drug-likeness (QED) is 0.819. The predicted octanol–water partition coefficient (Wildman–Crippen LogP) is 4.13. The Morgan fingerprint density at radius 2 is 1.76 bits per heavy atom. The second-order valence-corrected chi connectivity index (χ2v) is 6.87. The highest BCUT2D eigenvalue weighted by Gasteiger charge is 2.19. The second-order valence-electron chi connectivity index (χ2n) is 6.43. The number of hydrogen-bond donors (Lipinski definition) is 1. The van der Waals surface area contributed by atoms with E-state index in [-0.39, 0.29) is 11.9 Å². The Labute approximate surface area is 154 Å². The summed E-state index contributed by atoms with van der Waals surface area (Å²) in [5.74, 6) is -0.0311. The van der Waals surface area contributed by atoms with Crippen LogP contribution in [0.3, 0.4) is 0 Å². The number of amides is 1. The Kier molecular flexibility index (Phi) is 6.26. The van der Waals surface area contributed by atoms with Crippen molar-refractivity contribution in [3.8, 4) is 0 Å². The molecular formula is C21H23ClN2O. The van der Waals surface area contributed by atoms with Crippen molar-refractivity contribution in [3.63, 3.8) is 0 Å². The first-order chi connectivity index (χ1) is 12.2. The molecule has 0 spiro atoms. The first kappa shape index (κ1) is 17.7. The molecule has 0 aromatic heterocycles. The van der Waals surface area contributed by atoms with Crippen LogP contribution in [0.15, 0.2) is 60.7 Å². The van der Waals surface area contributed by atoms with Crippen LogP contribution in [0.4, 0.5) is 0 Å². The number of nitrogens with zero attached hydrogens (tertiary/aromatic N) is 1. The topological polar surface area (TPSA) is 32.3 Å². The monoisotopic (exact) mass is 354 g/mol. The van der Waals surface area contributed by atoms with E-state index in [1.807, 2.05) is 36.4 Å². The van der Waals surface area contributed by atoms with E-state index in [1.165, 1.54) is 5.56 Å². The molecule has 0 bridgehead atoms. The maximum absolute atomic E-state index is 12.1. The number of rotatable bonds is 5. The van der Waals surface area contributed by atoms with E-state index in [0.29, 0.717) is 5.02 Å². The van der Waals surface area contributed by atoms with E-state index in [2.05, 4.69) is 34.5 Å². The number of likely N-dealkylation sites (tertiary alicyclic amines) is 1. The van der Waals surface area contributed by atoms with Crippen LogP contribution in [0.2, 0.25) is 5.02 Å². The first-order valence-corrected chi connectivity index (χ1v) is 9.07. The van der Waals surface area contributed by atoms with Crippen LogP contribution in [0.5, 0.6) is 0 Å². The average Bonchev–Trinajstić information content (AvgIpc) is 2.64. The molecule has 1 N–H and O–H groups in total. The molecule has 1 aliphatic rings. The van der Waals surface area contributed by atoms with Gasteiger partial charge in [-0.2, -0.15) is 0 Å². The predicted molar refractivity (Wildman–Crippen MR) is 103 cm³/mol. The Morgan fingerprint density at radius 1 is 1.08 bits per heavy atom. The van der Waals surface area contributed by atoms with Crippen LogP contribution in [0.25, 0.3) is 6.08 Å². The van der Waals surface area contributed by atoms with Gasteiger partial charge in [0, 0.05) is 36.8 Å². The lowest BCUT2D eigenvalue weighted by Crippen LogP contribution is -2.43. The molecule has 0 atom stereocenters. The van der Waals surface area contributed by atoms with E-state index < -0.39 is 0 Å². The van der Waals surface area contributed by atoms with Crippen molar-refractivity contribution >= 4 is 23.6 Å². The number of halogens is 1. The fourth-order valence-electron chi connectivity index (χ4n) is 3.07. The zero-order chi connectivity index (χ0) is 17.5. The summed E-state index contributed by atoms with van der Waals surface area (Å²) in [6.45, 7) is 3.01. The lowest BCUT2D eigenvalue weighted by molar-refractivity contribution is -0.117. The second kappa shape index (κ2) is 8.84. The zero-order valence-corrected chi connectivity index (χ0v) is 15.0. The summed E-state index contributed by atoms with van der Waals surface area (Å²) in [4.78, 5) is 14.5. The summed E-state index contributed by atoms with van der Waals surface area (Å²) in [5, 5.41) is 3.80. The van der Waals surface area contributed by atoms with Gasteiger partial charge in [0.05, 0.1) is 0 Å². The summed E-state index contributed by atoms with van der Waals surface area (Å²) in [7, 11) is 0. The van der Waals surface area contributed by atoms with E-state index in [9.17, 15) is 4.79 Å². The minimum absolute atomic E-state index is 0.0311. The fourth-order valence-corrected chi connectivity index (χ4v) is 3.20. The van der Waals surface area contributed by atoms with Crippen molar-refractivity contribution in [2.75, 3.05) is 13.1 Å². The summed E-state index contributed by atoms with van der Waals surface area (Å²) < 4.78 is 0. The molecule has 1 aliphatic heterocycles. The molecule has 0 radical (unpaired) electrons. The van der Waals surface area contributed by atoms with Crippen LogP contribution in [0.1, 0.15) is 24.0 Å². The van der Waals surface area contributed by atoms with Gasteiger partial charge in [0.1, 0.15) is 0 Å². The van der Waals surface area contributed by atoms with Gasteiger partial charge in [-0.25, -0.2) is 0 Å². The molecule has 3 nitrogen and oxygen atoms in total. The number of piperidine rings is 1. The molecule has 0 unspecified atom stereocenters. The van der Waals surface area contributed by atoms with E-state index in [1.54, 1.807) is 6.08 Å². The van der Waals surface area contributed by atoms with Crippen molar-refractivity contribution in [1.29, 1.82) is 0 Å². The molecule has 1 fully saturated rings. The molecule has 4 heteroatoms. The van der Waals surface area contributed by atoms with Gasteiger partial charge in [0.15, 0.2) is 0 Å². The van der Waals surface area contributed by atoms with Crippen LogP contribution in [-0.2, 0) is 11.3 Å². The Hall–Kier alpha value is -2.10. The van der Waals surface area contributed by atoms with E-state index >= 15 is 0 Å². The summed E-state index contributed by atoms with van der Waals surface area (Å²) in [6, 6.07) is 18.2. The Bertz CT molecular complexity index is 704. The molecule has 130 valence electrons. The first-order valence-electron chi connectivity index (χ1n) is 8.69. The van der Waals surface area contributed by atoms with Crippen LogP contribution < -0.4 is 5.32 Å². The highest BCUT2D eigenvalue weighted by molar-refractivity contribution is 6.30. The van der Waals surface area contributed by atoms with Crippen molar-refractivity contribution in [2.24, 2.45) is 0 Å². The minimum atomic E-state index is -0.0311. The number of nitrogens with one attached hydrogen (secondary N) is 1. The lowest BCUT2D eigenvalue weighted by atomic mass is 10.0. The molecule has 0 aliphatic carbocycles. The van der Waals surface area contributed by atoms with E-state index in [0.717, 1.165) is 38.0 Å². The van der Waals surface area contributed by atoms with Crippen LogP contribution in [-0.4, -0.2) is 29.9 Å². The maximum Gasteiger partial charge on any atom is 0.244 e. The van der Waals surface area contributed by atoms with Crippen LogP contribution >= 0.6 is 11.6 Å². The van der Waals surface area contributed by atoms with Gasteiger partial charge in [-0.05, 0) is 42.2 Å². The van der Waals surface area contributed by atoms with E-state index in [4.69, 9.17) is 11.6 Å². The zero-order valence-electron chi connectivity index (χ0n) is 14.2. The lowest BCUT2D eigenvalue weighted by Gasteiger charge is -2.32. The Balaban J connectivity index is 1.42. The van der Waals surface area contributed by atoms with Gasteiger partial charge in [-0.1, -0.05) is 54.1 Å². The highest BCUT2D eigenvalue weighted by Crippen LogP contribution is 2.14.